The van der Waals surface area contributed by atoms with Gasteiger partial charge in [-0.2, -0.15) is 0 Å². The third-order valence-corrected chi connectivity index (χ3v) is 3.70. The fraction of sp³-hybridized carbons (Fsp3) is 0.500. The van der Waals surface area contributed by atoms with Gasteiger partial charge in [-0.1, -0.05) is 18.2 Å². The van der Waals surface area contributed by atoms with Crippen molar-refractivity contribution in [3.63, 3.8) is 0 Å². The van der Waals surface area contributed by atoms with Crippen LogP contribution in [-0.4, -0.2) is 27.7 Å². The van der Waals surface area contributed by atoms with E-state index in [1.807, 2.05) is 6.07 Å². The molecule has 100 valence electrons. The van der Waals surface area contributed by atoms with Crippen molar-refractivity contribution >= 4 is 19.7 Å². The van der Waals surface area contributed by atoms with Crippen LogP contribution in [0.1, 0.15) is 18.4 Å². The van der Waals surface area contributed by atoms with Crippen LogP contribution in [0.2, 0.25) is 0 Å². The fourth-order valence-corrected chi connectivity index (χ4v) is 2.87. The first-order chi connectivity index (χ1) is 8.54. The summed E-state index contributed by atoms with van der Waals surface area (Å²) < 4.78 is 33.4. The minimum absolute atomic E-state index is 0.0158. The summed E-state index contributed by atoms with van der Waals surface area (Å²) in [7, 11) is 1.69. The molecular weight excluding hydrogens is 276 g/mol. The molecule has 4 nitrogen and oxygen atoms in total. The van der Waals surface area contributed by atoms with Crippen LogP contribution >= 0.6 is 10.7 Å². The van der Waals surface area contributed by atoms with E-state index >= 15 is 0 Å². The Balaban J connectivity index is 2.11. The van der Waals surface area contributed by atoms with E-state index in [4.69, 9.17) is 20.2 Å². The smallest absolute Gasteiger partial charge is 0.236 e. The Kier molecular flexibility index (Phi) is 4.48. The minimum Gasteiger partial charge on any atom is -0.488 e. The summed E-state index contributed by atoms with van der Waals surface area (Å²) in [5.41, 5.74) is 0.582. The van der Waals surface area contributed by atoms with E-state index in [0.29, 0.717) is 17.9 Å². The molecule has 1 atom stereocenters. The Labute approximate surface area is 111 Å². The molecule has 18 heavy (non-hydrogen) atoms. The quantitative estimate of drug-likeness (QED) is 0.799. The number of hydrogen-bond acceptors (Lipinski definition) is 4. The van der Waals surface area contributed by atoms with Gasteiger partial charge in [-0.25, -0.2) is 8.42 Å². The molecule has 1 heterocycles. The number of para-hydroxylation sites is 1. The highest BCUT2D eigenvalue weighted by Crippen LogP contribution is 2.24. The van der Waals surface area contributed by atoms with Crippen molar-refractivity contribution in [1.29, 1.82) is 0 Å². The maximum absolute atomic E-state index is 11.1. The Hall–Kier alpha value is -0.780. The molecule has 1 saturated heterocycles. The summed E-state index contributed by atoms with van der Waals surface area (Å²) in [5.74, 6) is 0.343. The molecule has 1 aliphatic heterocycles. The van der Waals surface area contributed by atoms with Crippen molar-refractivity contribution in [2.24, 2.45) is 0 Å². The second-order valence-corrected chi connectivity index (χ2v) is 7.02. The zero-order valence-corrected chi connectivity index (χ0v) is 11.4. The van der Waals surface area contributed by atoms with Crippen LogP contribution in [0.15, 0.2) is 24.3 Å². The molecule has 1 aromatic carbocycles. The third-order valence-electron chi connectivity index (χ3n) is 2.71. The molecule has 0 bridgehead atoms. The standard InChI is InChI=1S/C12H15ClO4S/c13-18(14,15)9-10-4-1-2-6-12(10)17-11-5-3-7-16-8-11/h1-2,4,6,11H,3,5,7-9H2. The van der Waals surface area contributed by atoms with E-state index in [9.17, 15) is 8.42 Å². The normalized spacial score (nSPS) is 20.6. The summed E-state index contributed by atoms with van der Waals surface area (Å²) in [6.45, 7) is 1.31. The molecule has 6 heteroatoms. The lowest BCUT2D eigenvalue weighted by Gasteiger charge is -2.24. The molecule has 0 N–H and O–H groups in total. The molecule has 0 spiro atoms. The highest BCUT2D eigenvalue weighted by atomic mass is 35.7. The van der Waals surface area contributed by atoms with Crippen molar-refractivity contribution < 1.29 is 17.9 Å². The van der Waals surface area contributed by atoms with Crippen LogP contribution in [-0.2, 0) is 19.5 Å². The van der Waals surface area contributed by atoms with Gasteiger partial charge in [0.15, 0.2) is 0 Å². The summed E-state index contributed by atoms with van der Waals surface area (Å²) in [4.78, 5) is 0. The van der Waals surface area contributed by atoms with Gasteiger partial charge >= 0.3 is 0 Å². The van der Waals surface area contributed by atoms with Crippen LogP contribution in [0.25, 0.3) is 0 Å². The molecule has 1 unspecified atom stereocenters. The zero-order valence-electron chi connectivity index (χ0n) is 9.84. The average Bonchev–Trinajstić information content (AvgIpc) is 2.31. The second-order valence-electron chi connectivity index (χ2n) is 4.25. The van der Waals surface area contributed by atoms with E-state index in [-0.39, 0.29) is 11.9 Å². The average molecular weight is 291 g/mol. The summed E-state index contributed by atoms with van der Waals surface area (Å²) in [6, 6.07) is 7.04. The van der Waals surface area contributed by atoms with Crippen LogP contribution in [0.4, 0.5) is 0 Å². The summed E-state index contributed by atoms with van der Waals surface area (Å²) >= 11 is 0. The van der Waals surface area contributed by atoms with Crippen LogP contribution in [0.3, 0.4) is 0 Å². The largest absolute Gasteiger partial charge is 0.488 e. The lowest BCUT2D eigenvalue weighted by molar-refractivity contribution is 0.00712. The SMILES string of the molecule is O=S(=O)(Cl)Cc1ccccc1OC1CCCOC1. The topological polar surface area (TPSA) is 52.6 Å². The van der Waals surface area contributed by atoms with Crippen LogP contribution in [0.5, 0.6) is 5.75 Å². The number of halogens is 1. The molecular formula is C12H15ClO4S. The summed E-state index contributed by atoms with van der Waals surface area (Å²) in [5, 5.41) is 0. The van der Waals surface area contributed by atoms with Gasteiger partial charge in [0.25, 0.3) is 0 Å². The van der Waals surface area contributed by atoms with E-state index in [1.54, 1.807) is 18.2 Å². The van der Waals surface area contributed by atoms with Crippen LogP contribution < -0.4 is 4.74 Å². The van der Waals surface area contributed by atoms with Gasteiger partial charge in [0.1, 0.15) is 11.9 Å². The van der Waals surface area contributed by atoms with Gasteiger partial charge in [-0.05, 0) is 18.9 Å². The third kappa shape index (κ3) is 4.15. The van der Waals surface area contributed by atoms with Crippen molar-refractivity contribution in [3.05, 3.63) is 29.8 Å². The highest BCUT2D eigenvalue weighted by Gasteiger charge is 2.18. The molecule has 1 aromatic rings. The lowest BCUT2D eigenvalue weighted by atomic mass is 10.1. The molecule has 0 aromatic heterocycles. The maximum atomic E-state index is 11.1. The van der Waals surface area contributed by atoms with Crippen molar-refractivity contribution in [2.75, 3.05) is 13.2 Å². The van der Waals surface area contributed by atoms with Gasteiger partial charge < -0.3 is 9.47 Å². The second kappa shape index (κ2) is 5.91. The van der Waals surface area contributed by atoms with Crippen LogP contribution in [0, 0.1) is 0 Å². The highest BCUT2D eigenvalue weighted by molar-refractivity contribution is 8.13. The fourth-order valence-electron chi connectivity index (χ4n) is 1.91. The number of benzene rings is 1. The van der Waals surface area contributed by atoms with E-state index < -0.39 is 9.05 Å². The first kappa shape index (κ1) is 13.6. The monoisotopic (exact) mass is 290 g/mol. The lowest BCUT2D eigenvalue weighted by Crippen LogP contribution is -2.28. The minimum atomic E-state index is -3.58. The van der Waals surface area contributed by atoms with E-state index in [2.05, 4.69) is 0 Å². The van der Waals surface area contributed by atoms with Gasteiger partial charge in [0, 0.05) is 22.9 Å². The molecule has 1 fully saturated rings. The Bertz CT molecular complexity index is 495. The summed E-state index contributed by atoms with van der Waals surface area (Å²) in [6.07, 6.45) is 1.86. The zero-order chi connectivity index (χ0) is 13.0. The van der Waals surface area contributed by atoms with Gasteiger partial charge in [-0.3, -0.25) is 0 Å². The molecule has 1 aliphatic rings. The molecule has 0 radical (unpaired) electrons. The number of rotatable bonds is 4. The van der Waals surface area contributed by atoms with Crippen molar-refractivity contribution in [3.8, 4) is 5.75 Å². The molecule has 0 aliphatic carbocycles. The Morgan fingerprint density at radius 3 is 2.83 bits per heavy atom. The van der Waals surface area contributed by atoms with Crippen molar-refractivity contribution in [2.45, 2.75) is 24.7 Å². The Morgan fingerprint density at radius 2 is 2.17 bits per heavy atom. The molecule has 0 amide bonds. The molecule has 0 saturated carbocycles. The van der Waals surface area contributed by atoms with Gasteiger partial charge in [0.05, 0.1) is 12.4 Å². The van der Waals surface area contributed by atoms with Gasteiger partial charge in [0.2, 0.25) is 9.05 Å². The van der Waals surface area contributed by atoms with Crippen molar-refractivity contribution in [1.82, 2.24) is 0 Å². The number of hydrogen-bond donors (Lipinski definition) is 0. The van der Waals surface area contributed by atoms with E-state index in [0.717, 1.165) is 19.4 Å². The predicted octanol–water partition coefficient (Wildman–Crippen LogP) is 2.31. The predicted molar refractivity (Wildman–Crippen MR) is 69.4 cm³/mol. The first-order valence-corrected chi connectivity index (χ1v) is 8.27. The number of ether oxygens (including phenoxy) is 2. The Morgan fingerprint density at radius 1 is 1.39 bits per heavy atom. The first-order valence-electron chi connectivity index (χ1n) is 5.79. The van der Waals surface area contributed by atoms with Gasteiger partial charge in [-0.15, -0.1) is 0 Å². The maximum Gasteiger partial charge on any atom is 0.236 e. The molecule has 2 rings (SSSR count). The van der Waals surface area contributed by atoms with E-state index in [1.165, 1.54) is 0 Å².